The topological polar surface area (TPSA) is 76.1 Å². The Morgan fingerprint density at radius 2 is 2.44 bits per heavy atom. The third kappa shape index (κ3) is 2.23. The van der Waals surface area contributed by atoms with E-state index in [1.54, 1.807) is 19.1 Å². The summed E-state index contributed by atoms with van der Waals surface area (Å²) in [5.41, 5.74) is 0.867. The maximum Gasteiger partial charge on any atom is 0.339 e. The second kappa shape index (κ2) is 5.15. The fourth-order valence-corrected chi connectivity index (χ4v) is 1.48. The Morgan fingerprint density at radius 1 is 1.61 bits per heavy atom. The Balaban J connectivity index is 2.46. The van der Waals surface area contributed by atoms with Crippen LogP contribution in [0.4, 0.5) is 0 Å². The molecular formula is C13H10N2O3. The van der Waals surface area contributed by atoms with Gasteiger partial charge in [-0.1, -0.05) is 0 Å². The van der Waals surface area contributed by atoms with E-state index in [1.807, 2.05) is 6.07 Å². The van der Waals surface area contributed by atoms with Crippen LogP contribution in [0.2, 0.25) is 0 Å². The van der Waals surface area contributed by atoms with Crippen molar-refractivity contribution >= 4 is 5.97 Å². The highest BCUT2D eigenvalue weighted by atomic mass is 16.5. The largest absolute Gasteiger partial charge is 0.463 e. The van der Waals surface area contributed by atoms with Crippen LogP contribution in [0.3, 0.4) is 0 Å². The van der Waals surface area contributed by atoms with Gasteiger partial charge in [-0.2, -0.15) is 5.26 Å². The molecule has 0 atom stereocenters. The molecule has 5 heteroatoms. The molecule has 0 amide bonds. The van der Waals surface area contributed by atoms with Crippen LogP contribution in [0.5, 0.6) is 0 Å². The van der Waals surface area contributed by atoms with E-state index in [0.717, 1.165) is 0 Å². The summed E-state index contributed by atoms with van der Waals surface area (Å²) in [5.74, 6) is -0.00528. The maximum absolute atomic E-state index is 11.7. The second-order valence-electron chi connectivity index (χ2n) is 3.42. The molecule has 0 radical (unpaired) electrons. The van der Waals surface area contributed by atoms with Crippen molar-refractivity contribution in [2.24, 2.45) is 0 Å². The Bertz CT molecular complexity index is 597. The highest BCUT2D eigenvalue weighted by Crippen LogP contribution is 2.20. The first-order valence-corrected chi connectivity index (χ1v) is 5.37. The first kappa shape index (κ1) is 11.9. The molecule has 2 aromatic heterocycles. The lowest BCUT2D eigenvalue weighted by molar-refractivity contribution is 0.0526. The van der Waals surface area contributed by atoms with Gasteiger partial charge in [0.2, 0.25) is 0 Å². The predicted molar refractivity (Wildman–Crippen MR) is 62.6 cm³/mol. The fraction of sp³-hybridized carbons (Fsp3) is 0.154. The van der Waals surface area contributed by atoms with Crippen molar-refractivity contribution in [3.63, 3.8) is 0 Å². The lowest BCUT2D eigenvalue weighted by Gasteiger charge is -2.04. The number of aromatic nitrogens is 1. The van der Waals surface area contributed by atoms with Gasteiger partial charge in [0, 0.05) is 6.20 Å². The zero-order valence-corrected chi connectivity index (χ0v) is 9.71. The Morgan fingerprint density at radius 3 is 3.06 bits per heavy atom. The van der Waals surface area contributed by atoms with Crippen LogP contribution in [0, 0.1) is 11.3 Å². The molecule has 5 nitrogen and oxygen atoms in total. The summed E-state index contributed by atoms with van der Waals surface area (Å²) in [6.07, 6.45) is 2.85. The van der Waals surface area contributed by atoms with Gasteiger partial charge in [0.25, 0.3) is 0 Å². The lowest BCUT2D eigenvalue weighted by Crippen LogP contribution is -2.07. The zero-order valence-electron chi connectivity index (χ0n) is 9.71. The van der Waals surface area contributed by atoms with E-state index in [1.165, 1.54) is 18.5 Å². The number of pyridine rings is 1. The number of carbonyl (C=O) groups is 1. The molecule has 0 N–H and O–H groups in total. The molecule has 0 spiro atoms. The molecule has 0 aromatic carbocycles. The molecule has 0 bridgehead atoms. The molecular weight excluding hydrogens is 232 g/mol. The molecule has 0 saturated carbocycles. The van der Waals surface area contributed by atoms with Crippen LogP contribution >= 0.6 is 0 Å². The van der Waals surface area contributed by atoms with E-state index < -0.39 is 5.97 Å². The number of nitrogens with zero attached hydrogens (tertiary/aromatic N) is 2. The summed E-state index contributed by atoms with van der Waals surface area (Å²) in [6.45, 7) is 1.96. The van der Waals surface area contributed by atoms with E-state index in [4.69, 9.17) is 14.4 Å². The number of esters is 1. The number of hydrogen-bond donors (Lipinski definition) is 0. The van der Waals surface area contributed by atoms with E-state index in [2.05, 4.69) is 4.98 Å². The summed E-state index contributed by atoms with van der Waals surface area (Å²) >= 11 is 0. The quantitative estimate of drug-likeness (QED) is 0.772. The summed E-state index contributed by atoms with van der Waals surface area (Å²) in [7, 11) is 0. The van der Waals surface area contributed by atoms with E-state index in [0.29, 0.717) is 11.5 Å². The minimum absolute atomic E-state index is 0.184. The number of ether oxygens (including phenoxy) is 1. The highest BCUT2D eigenvalue weighted by molar-refractivity contribution is 5.93. The molecule has 0 saturated heterocycles. The third-order valence-electron chi connectivity index (χ3n) is 2.29. The van der Waals surface area contributed by atoms with E-state index >= 15 is 0 Å². The summed E-state index contributed by atoms with van der Waals surface area (Å²) in [5, 5.41) is 8.94. The van der Waals surface area contributed by atoms with Crippen LogP contribution in [0.15, 0.2) is 35.1 Å². The van der Waals surface area contributed by atoms with Gasteiger partial charge in [0.1, 0.15) is 11.8 Å². The minimum atomic E-state index is -0.538. The first-order valence-electron chi connectivity index (χ1n) is 5.37. The molecule has 0 unspecified atom stereocenters. The monoisotopic (exact) mass is 242 g/mol. The fourth-order valence-electron chi connectivity index (χ4n) is 1.48. The predicted octanol–water partition coefficient (Wildman–Crippen LogP) is 2.39. The lowest BCUT2D eigenvalue weighted by atomic mass is 10.1. The molecule has 0 aliphatic rings. The molecule has 2 aromatic rings. The average Bonchev–Trinajstić information content (AvgIpc) is 2.92. The van der Waals surface area contributed by atoms with E-state index in [9.17, 15) is 4.79 Å². The standard InChI is InChI=1S/C13H10N2O3/c1-2-17-13(16)10-6-11(12-4-3-5-18-12)15-8-9(10)7-14/h3-6,8H,2H2,1H3. The molecule has 0 aliphatic carbocycles. The van der Waals surface area contributed by atoms with Crippen molar-refractivity contribution in [2.45, 2.75) is 6.92 Å². The summed E-state index contributed by atoms with van der Waals surface area (Å²) < 4.78 is 10.1. The van der Waals surface area contributed by atoms with Gasteiger partial charge >= 0.3 is 5.97 Å². The van der Waals surface area contributed by atoms with Gasteiger partial charge in [0.05, 0.1) is 24.0 Å². The Kier molecular flexibility index (Phi) is 3.39. The van der Waals surface area contributed by atoms with Crippen molar-refractivity contribution in [3.05, 3.63) is 41.8 Å². The maximum atomic E-state index is 11.7. The number of nitriles is 1. The Hall–Kier alpha value is -2.61. The number of rotatable bonds is 3. The van der Waals surface area contributed by atoms with Gasteiger partial charge in [0.15, 0.2) is 5.76 Å². The highest BCUT2D eigenvalue weighted by Gasteiger charge is 2.15. The second-order valence-corrected chi connectivity index (χ2v) is 3.42. The normalized spacial score (nSPS) is 9.78. The van der Waals surface area contributed by atoms with E-state index in [-0.39, 0.29) is 17.7 Å². The number of carbonyl (C=O) groups excluding carboxylic acids is 1. The van der Waals surface area contributed by atoms with Gasteiger partial charge in [-0.15, -0.1) is 0 Å². The average molecular weight is 242 g/mol. The summed E-state index contributed by atoms with van der Waals surface area (Å²) in [4.78, 5) is 15.8. The van der Waals surface area contributed by atoms with Crippen molar-refractivity contribution < 1.29 is 13.9 Å². The molecule has 2 heterocycles. The van der Waals surface area contributed by atoms with Gasteiger partial charge in [-0.05, 0) is 25.1 Å². The molecule has 90 valence electrons. The van der Waals surface area contributed by atoms with Gasteiger partial charge in [-0.3, -0.25) is 4.98 Å². The van der Waals surface area contributed by atoms with Gasteiger partial charge in [-0.25, -0.2) is 4.79 Å². The first-order chi connectivity index (χ1) is 8.76. The molecule has 0 aliphatic heterocycles. The Labute approximate surface area is 104 Å². The molecule has 18 heavy (non-hydrogen) atoms. The zero-order chi connectivity index (χ0) is 13.0. The molecule has 2 rings (SSSR count). The smallest absolute Gasteiger partial charge is 0.339 e. The third-order valence-corrected chi connectivity index (χ3v) is 2.29. The SMILES string of the molecule is CCOC(=O)c1cc(-c2ccco2)ncc1C#N. The number of hydrogen-bond acceptors (Lipinski definition) is 5. The van der Waals surface area contributed by atoms with Crippen LogP contribution < -0.4 is 0 Å². The van der Waals surface area contributed by atoms with Crippen molar-refractivity contribution in [1.82, 2.24) is 4.98 Å². The summed E-state index contributed by atoms with van der Waals surface area (Å²) in [6, 6.07) is 6.86. The van der Waals surface area contributed by atoms with Crippen LogP contribution in [-0.4, -0.2) is 17.6 Å². The minimum Gasteiger partial charge on any atom is -0.463 e. The van der Waals surface area contributed by atoms with Gasteiger partial charge < -0.3 is 9.15 Å². The van der Waals surface area contributed by atoms with Crippen LogP contribution in [0.1, 0.15) is 22.8 Å². The number of furan rings is 1. The van der Waals surface area contributed by atoms with Crippen molar-refractivity contribution in [3.8, 4) is 17.5 Å². The van der Waals surface area contributed by atoms with Crippen LogP contribution in [-0.2, 0) is 4.74 Å². The van der Waals surface area contributed by atoms with Crippen LogP contribution in [0.25, 0.3) is 11.5 Å². The molecule has 0 fully saturated rings. The van der Waals surface area contributed by atoms with Crippen molar-refractivity contribution in [1.29, 1.82) is 5.26 Å². The van der Waals surface area contributed by atoms with Crippen molar-refractivity contribution in [2.75, 3.05) is 6.61 Å².